The van der Waals surface area contributed by atoms with E-state index in [9.17, 15) is 19.1 Å². The maximum Gasteiger partial charge on any atom is 0.352 e. The van der Waals surface area contributed by atoms with Gasteiger partial charge in [-0.05, 0) is 25.1 Å². The summed E-state index contributed by atoms with van der Waals surface area (Å²) in [6.07, 6.45) is 0.0144. The highest BCUT2D eigenvalue weighted by Gasteiger charge is 2.27. The monoisotopic (exact) mass is 495 g/mol. The van der Waals surface area contributed by atoms with Crippen LogP contribution in [0.1, 0.15) is 29.5 Å². The Morgan fingerprint density at radius 1 is 1.38 bits per heavy atom. The van der Waals surface area contributed by atoms with Gasteiger partial charge >= 0.3 is 5.69 Å². The molecule has 0 aliphatic carbocycles. The van der Waals surface area contributed by atoms with Crippen molar-refractivity contribution in [3.05, 3.63) is 62.8 Å². The van der Waals surface area contributed by atoms with Gasteiger partial charge in [-0.25, -0.2) is 13.6 Å². The number of amides is 1. The van der Waals surface area contributed by atoms with Crippen LogP contribution in [-0.4, -0.2) is 49.7 Å². The molecule has 1 aliphatic heterocycles. The Morgan fingerprint density at radius 2 is 2.18 bits per heavy atom. The van der Waals surface area contributed by atoms with Gasteiger partial charge in [-0.2, -0.15) is 9.67 Å². The summed E-state index contributed by atoms with van der Waals surface area (Å²) >= 11 is 5.98. The molecule has 3 heterocycles. The van der Waals surface area contributed by atoms with Crippen molar-refractivity contribution in [1.29, 1.82) is 0 Å². The number of anilines is 1. The van der Waals surface area contributed by atoms with E-state index in [-0.39, 0.29) is 41.1 Å². The molecule has 180 valence electrons. The van der Waals surface area contributed by atoms with Crippen molar-refractivity contribution in [2.24, 2.45) is 0 Å². The van der Waals surface area contributed by atoms with Gasteiger partial charge in [0.1, 0.15) is 24.1 Å². The molecule has 1 amide bonds. The Kier molecular flexibility index (Phi) is 6.91. The topological polar surface area (TPSA) is 120 Å². The van der Waals surface area contributed by atoms with Crippen LogP contribution in [0.25, 0.3) is 5.82 Å². The van der Waals surface area contributed by atoms with Gasteiger partial charge in [-0.1, -0.05) is 17.7 Å². The first-order valence-corrected chi connectivity index (χ1v) is 10.7. The van der Waals surface area contributed by atoms with Crippen molar-refractivity contribution < 1.29 is 28.2 Å². The van der Waals surface area contributed by atoms with E-state index >= 15 is 4.39 Å². The molecule has 1 aliphatic rings. The summed E-state index contributed by atoms with van der Waals surface area (Å²) in [6.45, 7) is 1.93. The predicted octanol–water partition coefficient (Wildman–Crippen LogP) is 2.29. The Morgan fingerprint density at radius 3 is 2.79 bits per heavy atom. The molecule has 4 rings (SSSR count). The molecule has 0 saturated carbocycles. The third-order valence-corrected chi connectivity index (χ3v) is 5.45. The summed E-state index contributed by atoms with van der Waals surface area (Å²) in [5, 5.41) is 15.6. The molecule has 1 fully saturated rings. The number of aliphatic hydroxyl groups excluding tert-OH is 1. The molecule has 0 spiro atoms. The van der Waals surface area contributed by atoms with E-state index in [2.05, 4.69) is 15.4 Å². The number of carbonyl (C=O) groups excluding carboxylic acids is 1. The molecule has 1 saturated heterocycles. The molecule has 0 radical (unpaired) electrons. The highest BCUT2D eigenvalue weighted by molar-refractivity contribution is 6.34. The zero-order valence-electron chi connectivity index (χ0n) is 17.9. The van der Waals surface area contributed by atoms with E-state index in [0.717, 1.165) is 16.7 Å². The molecular formula is C21H20ClF2N5O5. The van der Waals surface area contributed by atoms with Gasteiger partial charge in [0.05, 0.1) is 23.9 Å². The fraction of sp³-hybridized carbons (Fsp3) is 0.333. The number of aromatic nitrogens is 4. The second kappa shape index (κ2) is 9.87. The molecule has 1 atom stereocenters. The second-order valence-corrected chi connectivity index (χ2v) is 7.72. The number of pyridine rings is 1. The van der Waals surface area contributed by atoms with Crippen molar-refractivity contribution in [3.63, 3.8) is 0 Å². The average Bonchev–Trinajstić information content (AvgIpc) is 3.44. The number of aliphatic hydroxyl groups is 1. The lowest BCUT2D eigenvalue weighted by molar-refractivity contribution is 0.101. The van der Waals surface area contributed by atoms with Crippen molar-refractivity contribution in [2.45, 2.75) is 32.6 Å². The average molecular weight is 496 g/mol. The third-order valence-electron chi connectivity index (χ3n) is 5.13. The molecule has 13 heteroatoms. The van der Waals surface area contributed by atoms with Gasteiger partial charge in [0.15, 0.2) is 17.5 Å². The van der Waals surface area contributed by atoms with Crippen LogP contribution in [-0.2, 0) is 17.9 Å². The number of para-hydroxylation sites is 1. The largest absolute Gasteiger partial charge is 0.471 e. The van der Waals surface area contributed by atoms with Crippen LogP contribution in [0.3, 0.4) is 0 Å². The predicted molar refractivity (Wildman–Crippen MR) is 116 cm³/mol. The summed E-state index contributed by atoms with van der Waals surface area (Å²) < 4.78 is 42.2. The minimum atomic E-state index is -1.06. The number of nitrogens with zero attached hydrogens (tertiary/aromatic N) is 4. The summed E-state index contributed by atoms with van der Waals surface area (Å²) in [4.78, 5) is 29.7. The summed E-state index contributed by atoms with van der Waals surface area (Å²) in [7, 11) is 0. The minimum Gasteiger partial charge on any atom is -0.471 e. The van der Waals surface area contributed by atoms with Crippen LogP contribution in [0, 0.1) is 11.6 Å². The lowest BCUT2D eigenvalue weighted by Gasteiger charge is -2.16. The molecule has 0 bridgehead atoms. The third kappa shape index (κ3) is 4.52. The standard InChI is InChI=1S/C21H20ClF2N5O5/c1-2-28-16(9-30)27-29(21(28)32)18-15(24)8-12(20(26-18)34-11-6-7-33-10-11)19(31)25-17-13(22)4-3-5-14(17)23/h3-5,8,11,30H,2,6-7,9-10H2,1H3,(H,25,31)/t11-/m1/s1. The first-order valence-electron chi connectivity index (χ1n) is 10.3. The van der Waals surface area contributed by atoms with Gasteiger partial charge < -0.3 is 19.9 Å². The maximum atomic E-state index is 15.1. The first kappa shape index (κ1) is 23.8. The number of carbonyl (C=O) groups is 1. The van der Waals surface area contributed by atoms with Crippen LogP contribution >= 0.6 is 11.6 Å². The van der Waals surface area contributed by atoms with Gasteiger partial charge in [0.2, 0.25) is 5.88 Å². The lowest BCUT2D eigenvalue weighted by Crippen LogP contribution is -2.27. The van der Waals surface area contributed by atoms with Gasteiger partial charge in [-0.15, -0.1) is 5.10 Å². The van der Waals surface area contributed by atoms with E-state index in [4.69, 9.17) is 21.1 Å². The SMILES string of the molecule is CCn1c(CO)nn(-c2nc(O[C@@H]3CCOC3)c(C(=O)Nc3c(F)cccc3Cl)cc2F)c1=O. The summed E-state index contributed by atoms with van der Waals surface area (Å²) in [5.41, 5.74) is -1.37. The Labute approximate surface area is 196 Å². The van der Waals surface area contributed by atoms with E-state index < -0.39 is 41.8 Å². The number of rotatable bonds is 7. The number of nitrogens with one attached hydrogen (secondary N) is 1. The molecule has 34 heavy (non-hydrogen) atoms. The van der Waals surface area contributed by atoms with Gasteiger partial charge in [-0.3, -0.25) is 9.36 Å². The molecular weight excluding hydrogens is 476 g/mol. The maximum absolute atomic E-state index is 15.1. The summed E-state index contributed by atoms with van der Waals surface area (Å²) in [5.74, 6) is -3.60. The van der Waals surface area contributed by atoms with Crippen molar-refractivity contribution in [1.82, 2.24) is 19.3 Å². The number of benzene rings is 1. The van der Waals surface area contributed by atoms with Gasteiger partial charge in [0.25, 0.3) is 5.91 Å². The fourth-order valence-corrected chi connectivity index (χ4v) is 3.65. The van der Waals surface area contributed by atoms with E-state index in [1.165, 1.54) is 12.1 Å². The van der Waals surface area contributed by atoms with Crippen molar-refractivity contribution >= 4 is 23.2 Å². The van der Waals surface area contributed by atoms with Crippen LogP contribution in [0.4, 0.5) is 14.5 Å². The van der Waals surface area contributed by atoms with Crippen LogP contribution in [0.5, 0.6) is 5.88 Å². The Hall–Kier alpha value is -3.35. The number of halogens is 3. The molecule has 10 nitrogen and oxygen atoms in total. The van der Waals surface area contributed by atoms with Crippen molar-refractivity contribution in [2.75, 3.05) is 18.5 Å². The quantitative estimate of drug-likeness (QED) is 0.516. The second-order valence-electron chi connectivity index (χ2n) is 7.31. The van der Waals surface area contributed by atoms with E-state index in [1.807, 2.05) is 0 Å². The molecule has 3 aromatic rings. The van der Waals surface area contributed by atoms with E-state index in [0.29, 0.717) is 17.7 Å². The number of hydrogen-bond donors (Lipinski definition) is 2. The molecule has 1 aromatic carbocycles. The van der Waals surface area contributed by atoms with Crippen molar-refractivity contribution in [3.8, 4) is 11.7 Å². The smallest absolute Gasteiger partial charge is 0.352 e. The lowest BCUT2D eigenvalue weighted by atomic mass is 10.2. The number of hydrogen-bond acceptors (Lipinski definition) is 7. The summed E-state index contributed by atoms with van der Waals surface area (Å²) in [6, 6.07) is 4.66. The highest BCUT2D eigenvalue weighted by atomic mass is 35.5. The Bertz CT molecular complexity index is 1270. The molecule has 2 N–H and O–H groups in total. The zero-order valence-corrected chi connectivity index (χ0v) is 18.7. The van der Waals surface area contributed by atoms with E-state index in [1.54, 1.807) is 6.92 Å². The minimum absolute atomic E-state index is 0.0105. The first-order chi connectivity index (χ1) is 16.3. The highest BCUT2D eigenvalue weighted by Crippen LogP contribution is 2.28. The zero-order chi connectivity index (χ0) is 24.4. The van der Waals surface area contributed by atoms with Crippen LogP contribution in [0.2, 0.25) is 5.02 Å². The number of ether oxygens (including phenoxy) is 2. The van der Waals surface area contributed by atoms with Crippen LogP contribution < -0.4 is 15.7 Å². The fourth-order valence-electron chi connectivity index (χ4n) is 3.44. The van der Waals surface area contributed by atoms with Gasteiger partial charge in [0, 0.05) is 13.0 Å². The van der Waals surface area contributed by atoms with Crippen LogP contribution in [0.15, 0.2) is 29.1 Å². The molecule has 0 unspecified atom stereocenters. The Balaban J connectivity index is 1.79. The molecule has 2 aromatic heterocycles. The normalized spacial score (nSPS) is 15.5.